The summed E-state index contributed by atoms with van der Waals surface area (Å²) in [6.07, 6.45) is 13.0. The smallest absolute Gasteiger partial charge is 0.234 e. The normalized spacial score (nSPS) is 14.0. The van der Waals surface area contributed by atoms with Crippen LogP contribution in [0.4, 0.5) is 5.69 Å². The van der Waals surface area contributed by atoms with E-state index in [-0.39, 0.29) is 5.91 Å². The number of nitrogens with one attached hydrogen (secondary N) is 1. The van der Waals surface area contributed by atoms with Gasteiger partial charge in [0.1, 0.15) is 0 Å². The Kier molecular flexibility index (Phi) is 4.38. The second-order valence-corrected chi connectivity index (χ2v) is 6.47. The number of rotatable bonds is 7. The average molecular weight is 358 g/mol. The number of aromatic nitrogens is 3. The van der Waals surface area contributed by atoms with Crippen molar-refractivity contribution in [1.29, 1.82) is 0 Å². The number of anilines is 1. The molecule has 27 heavy (non-hydrogen) atoms. The Bertz CT molecular complexity index is 1020. The van der Waals surface area contributed by atoms with Gasteiger partial charge in [-0.15, -0.1) is 12.3 Å². The van der Waals surface area contributed by atoms with Gasteiger partial charge in [0.2, 0.25) is 11.7 Å². The van der Waals surface area contributed by atoms with Gasteiger partial charge in [0.25, 0.3) is 0 Å². The molecule has 0 radical (unpaired) electrons. The third-order valence-electron chi connectivity index (χ3n) is 4.48. The molecular weight excluding hydrogens is 340 g/mol. The number of fused-ring (bicyclic) bond motifs is 1. The van der Waals surface area contributed by atoms with Crippen LogP contribution < -0.4 is 5.32 Å². The van der Waals surface area contributed by atoms with E-state index in [1.807, 2.05) is 47.1 Å². The molecule has 1 aromatic carbocycles. The Balaban J connectivity index is 1.40. The van der Waals surface area contributed by atoms with Crippen LogP contribution in [0.1, 0.15) is 25.7 Å². The lowest BCUT2D eigenvalue weighted by atomic mass is 10.0. The SMILES string of the molecule is C#CCCC1(CCC(=O)Nc2cccc(-c3cn4cccnc4n3)c2)N=N1. The Morgan fingerprint density at radius 1 is 1.26 bits per heavy atom. The van der Waals surface area contributed by atoms with Crippen LogP contribution in [0.5, 0.6) is 0 Å². The minimum Gasteiger partial charge on any atom is -0.326 e. The molecule has 0 saturated carbocycles. The fraction of sp³-hybridized carbons (Fsp3) is 0.250. The largest absolute Gasteiger partial charge is 0.326 e. The number of hydrogen-bond donors (Lipinski definition) is 1. The van der Waals surface area contributed by atoms with Crippen LogP contribution in [-0.2, 0) is 4.79 Å². The molecule has 0 fully saturated rings. The van der Waals surface area contributed by atoms with E-state index in [0.717, 1.165) is 16.9 Å². The number of carbonyl (C=O) groups is 1. The number of imidazole rings is 1. The highest BCUT2D eigenvalue weighted by Crippen LogP contribution is 2.37. The molecule has 0 aliphatic carbocycles. The third-order valence-corrected chi connectivity index (χ3v) is 4.48. The van der Waals surface area contributed by atoms with Gasteiger partial charge >= 0.3 is 0 Å². The van der Waals surface area contributed by atoms with Gasteiger partial charge in [-0.1, -0.05) is 12.1 Å². The predicted octanol–water partition coefficient (Wildman–Crippen LogP) is 3.69. The Morgan fingerprint density at radius 3 is 2.93 bits per heavy atom. The van der Waals surface area contributed by atoms with Gasteiger partial charge in [-0.3, -0.25) is 9.20 Å². The summed E-state index contributed by atoms with van der Waals surface area (Å²) in [5.41, 5.74) is 2.00. The maximum absolute atomic E-state index is 12.3. The molecule has 0 bridgehead atoms. The summed E-state index contributed by atoms with van der Waals surface area (Å²) < 4.78 is 1.86. The molecular formula is C20H18N6O. The fourth-order valence-electron chi connectivity index (χ4n) is 2.93. The molecule has 1 aliphatic rings. The summed E-state index contributed by atoms with van der Waals surface area (Å²) in [7, 11) is 0. The monoisotopic (exact) mass is 358 g/mol. The van der Waals surface area contributed by atoms with Gasteiger partial charge in [0, 0.05) is 55.5 Å². The lowest BCUT2D eigenvalue weighted by Gasteiger charge is -2.09. The summed E-state index contributed by atoms with van der Waals surface area (Å²) >= 11 is 0. The van der Waals surface area contributed by atoms with E-state index >= 15 is 0 Å². The molecule has 1 aliphatic heterocycles. The van der Waals surface area contributed by atoms with Crippen LogP contribution in [0.15, 0.2) is 59.2 Å². The lowest BCUT2D eigenvalue weighted by molar-refractivity contribution is -0.116. The summed E-state index contributed by atoms with van der Waals surface area (Å²) in [6, 6.07) is 9.45. The lowest BCUT2D eigenvalue weighted by Crippen LogP contribution is -2.17. The first-order valence-electron chi connectivity index (χ1n) is 8.75. The molecule has 2 aromatic heterocycles. The van der Waals surface area contributed by atoms with Crippen molar-refractivity contribution in [3.8, 4) is 23.6 Å². The van der Waals surface area contributed by atoms with E-state index < -0.39 is 5.66 Å². The molecule has 7 heteroatoms. The zero-order valence-electron chi connectivity index (χ0n) is 14.7. The standard InChI is InChI=1S/C20H18N6O/c1-2-3-9-20(24-25-20)10-8-18(27)22-16-7-4-6-15(13-16)17-14-26-12-5-11-21-19(26)23-17/h1,4-7,11-14H,3,8-10H2,(H,22,27). The van der Waals surface area contributed by atoms with E-state index in [1.165, 1.54) is 0 Å². The van der Waals surface area contributed by atoms with Gasteiger partial charge in [0.05, 0.1) is 5.69 Å². The first kappa shape index (κ1) is 16.9. The van der Waals surface area contributed by atoms with Crippen molar-refractivity contribution >= 4 is 17.4 Å². The van der Waals surface area contributed by atoms with Gasteiger partial charge in [-0.05, 0) is 18.2 Å². The van der Waals surface area contributed by atoms with Crippen molar-refractivity contribution in [2.75, 3.05) is 5.32 Å². The van der Waals surface area contributed by atoms with E-state index in [0.29, 0.717) is 31.5 Å². The fourth-order valence-corrected chi connectivity index (χ4v) is 2.93. The molecule has 0 spiro atoms. The van der Waals surface area contributed by atoms with Crippen LogP contribution in [0.3, 0.4) is 0 Å². The highest BCUT2D eigenvalue weighted by molar-refractivity contribution is 5.91. The number of benzene rings is 1. The van der Waals surface area contributed by atoms with Gasteiger partial charge in [0.15, 0.2) is 5.66 Å². The van der Waals surface area contributed by atoms with Gasteiger partial charge in [-0.2, -0.15) is 10.2 Å². The summed E-state index contributed by atoms with van der Waals surface area (Å²) in [5.74, 6) is 3.16. The van der Waals surface area contributed by atoms with E-state index in [4.69, 9.17) is 6.42 Å². The van der Waals surface area contributed by atoms with Crippen molar-refractivity contribution in [3.63, 3.8) is 0 Å². The molecule has 7 nitrogen and oxygen atoms in total. The van der Waals surface area contributed by atoms with E-state index in [9.17, 15) is 4.79 Å². The number of terminal acetylenes is 1. The van der Waals surface area contributed by atoms with E-state index in [1.54, 1.807) is 6.20 Å². The van der Waals surface area contributed by atoms with E-state index in [2.05, 4.69) is 31.4 Å². The summed E-state index contributed by atoms with van der Waals surface area (Å²) in [5, 5.41) is 11.0. The zero-order chi connectivity index (χ0) is 18.7. The molecule has 134 valence electrons. The minimum absolute atomic E-state index is 0.0683. The van der Waals surface area contributed by atoms with Crippen LogP contribution >= 0.6 is 0 Å². The third kappa shape index (κ3) is 3.85. The topological polar surface area (TPSA) is 84.0 Å². The van der Waals surface area contributed by atoms with Crippen molar-refractivity contribution < 1.29 is 4.79 Å². The van der Waals surface area contributed by atoms with Crippen molar-refractivity contribution in [2.45, 2.75) is 31.3 Å². The Labute approximate surface area is 156 Å². The highest BCUT2D eigenvalue weighted by atomic mass is 16.1. The number of amides is 1. The first-order chi connectivity index (χ1) is 13.2. The van der Waals surface area contributed by atoms with Gasteiger partial charge < -0.3 is 5.32 Å². The molecule has 0 saturated heterocycles. The predicted molar refractivity (Wildman–Crippen MR) is 102 cm³/mol. The van der Waals surface area contributed by atoms with Crippen molar-refractivity contribution in [1.82, 2.24) is 14.4 Å². The molecule has 0 unspecified atom stereocenters. The Hall–Kier alpha value is -3.53. The average Bonchev–Trinajstić information content (AvgIpc) is 3.33. The van der Waals surface area contributed by atoms with Crippen LogP contribution in [-0.4, -0.2) is 25.9 Å². The molecule has 3 aromatic rings. The number of hydrogen-bond acceptors (Lipinski definition) is 5. The quantitative estimate of drug-likeness (QED) is 0.654. The van der Waals surface area contributed by atoms with Crippen molar-refractivity contribution in [2.24, 2.45) is 10.2 Å². The van der Waals surface area contributed by atoms with Crippen LogP contribution in [0, 0.1) is 12.3 Å². The molecule has 4 rings (SSSR count). The molecule has 0 atom stereocenters. The second kappa shape index (κ2) is 7.00. The molecule has 1 N–H and O–H groups in total. The van der Waals surface area contributed by atoms with Crippen LogP contribution in [0.25, 0.3) is 17.0 Å². The summed E-state index contributed by atoms with van der Waals surface area (Å²) in [6.45, 7) is 0. The number of carbonyl (C=O) groups excluding carboxylic acids is 1. The van der Waals surface area contributed by atoms with Crippen LogP contribution in [0.2, 0.25) is 0 Å². The number of nitrogens with zero attached hydrogens (tertiary/aromatic N) is 5. The molecule has 1 amide bonds. The van der Waals surface area contributed by atoms with Gasteiger partial charge in [-0.25, -0.2) is 9.97 Å². The Morgan fingerprint density at radius 2 is 2.15 bits per heavy atom. The maximum atomic E-state index is 12.3. The van der Waals surface area contributed by atoms with Crippen molar-refractivity contribution in [3.05, 3.63) is 48.9 Å². The first-order valence-corrected chi connectivity index (χ1v) is 8.75. The highest BCUT2D eigenvalue weighted by Gasteiger charge is 2.39. The maximum Gasteiger partial charge on any atom is 0.234 e. The second-order valence-electron chi connectivity index (χ2n) is 6.47. The minimum atomic E-state index is -0.435. The molecule has 3 heterocycles. The zero-order valence-corrected chi connectivity index (χ0v) is 14.7. The summed E-state index contributed by atoms with van der Waals surface area (Å²) in [4.78, 5) is 21.0.